The van der Waals surface area contributed by atoms with Crippen LogP contribution in [0.4, 0.5) is 5.69 Å². The van der Waals surface area contributed by atoms with Gasteiger partial charge in [0.05, 0.1) is 19.8 Å². The van der Waals surface area contributed by atoms with Crippen molar-refractivity contribution in [3.8, 4) is 0 Å². The van der Waals surface area contributed by atoms with Crippen LogP contribution in [0.15, 0.2) is 46.1 Å². The molecule has 7 heteroatoms. The van der Waals surface area contributed by atoms with Gasteiger partial charge >= 0.3 is 0 Å². The Labute approximate surface area is 176 Å². The number of guanidine groups is 1. The third-order valence-electron chi connectivity index (χ3n) is 4.12. The Morgan fingerprint density at radius 2 is 1.88 bits per heavy atom. The van der Waals surface area contributed by atoms with E-state index >= 15 is 0 Å². The molecule has 2 N–H and O–H groups in total. The average molecular weight is 486 g/mol. The first-order chi connectivity index (χ1) is 12.3. The average Bonchev–Trinajstić information content (AvgIpc) is 3.19. The predicted octanol–water partition coefficient (Wildman–Crippen LogP) is 3.46. The summed E-state index contributed by atoms with van der Waals surface area (Å²) in [6.45, 7) is 7.97. The fraction of sp³-hybridized carbons (Fsp3) is 0.421. The third kappa shape index (κ3) is 6.44. The van der Waals surface area contributed by atoms with Gasteiger partial charge in [-0.1, -0.05) is 12.1 Å². The SMILES string of the molecule is CCNC(=NCc1ccsc1)NCc1ccc(N2CCOCC2)cc1.I. The van der Waals surface area contributed by atoms with Crippen LogP contribution in [0.5, 0.6) is 0 Å². The van der Waals surface area contributed by atoms with Crippen LogP contribution < -0.4 is 15.5 Å². The molecular weight excluding hydrogens is 459 g/mol. The molecule has 0 aliphatic carbocycles. The lowest BCUT2D eigenvalue weighted by Crippen LogP contribution is -2.37. The van der Waals surface area contributed by atoms with E-state index in [-0.39, 0.29) is 24.0 Å². The van der Waals surface area contributed by atoms with Gasteiger partial charge in [-0.2, -0.15) is 11.3 Å². The number of thiophene rings is 1. The summed E-state index contributed by atoms with van der Waals surface area (Å²) in [6.07, 6.45) is 0. The van der Waals surface area contributed by atoms with Crippen LogP contribution in [0, 0.1) is 0 Å². The van der Waals surface area contributed by atoms with E-state index in [2.05, 4.69) is 68.5 Å². The number of benzene rings is 1. The molecule has 0 atom stereocenters. The molecule has 1 aromatic heterocycles. The summed E-state index contributed by atoms with van der Waals surface area (Å²) >= 11 is 1.71. The van der Waals surface area contributed by atoms with E-state index in [9.17, 15) is 0 Å². The second-order valence-corrected chi connectivity index (χ2v) is 6.73. The molecule has 1 aromatic carbocycles. The Balaban J connectivity index is 0.00000243. The molecule has 0 unspecified atom stereocenters. The van der Waals surface area contributed by atoms with E-state index < -0.39 is 0 Å². The zero-order valence-corrected chi connectivity index (χ0v) is 18.3. The largest absolute Gasteiger partial charge is 0.378 e. The summed E-state index contributed by atoms with van der Waals surface area (Å²) in [4.78, 5) is 7.01. The number of morpholine rings is 1. The van der Waals surface area contributed by atoms with Crippen LogP contribution in [0.3, 0.4) is 0 Å². The third-order valence-corrected chi connectivity index (χ3v) is 4.85. The van der Waals surface area contributed by atoms with Crippen molar-refractivity contribution in [1.29, 1.82) is 0 Å². The van der Waals surface area contributed by atoms with E-state index in [0.717, 1.165) is 45.4 Å². The van der Waals surface area contributed by atoms with Gasteiger partial charge in [0, 0.05) is 31.9 Å². The minimum Gasteiger partial charge on any atom is -0.378 e. The molecular formula is C19H27IN4OS. The molecule has 3 rings (SSSR count). The van der Waals surface area contributed by atoms with Crippen molar-refractivity contribution in [2.24, 2.45) is 4.99 Å². The van der Waals surface area contributed by atoms with Crippen molar-refractivity contribution >= 4 is 47.0 Å². The van der Waals surface area contributed by atoms with E-state index in [1.165, 1.54) is 16.8 Å². The fourth-order valence-corrected chi connectivity index (χ4v) is 3.39. The highest BCUT2D eigenvalue weighted by Gasteiger charge is 2.10. The number of hydrogen-bond donors (Lipinski definition) is 2. The minimum absolute atomic E-state index is 0. The molecule has 0 bridgehead atoms. The maximum absolute atomic E-state index is 5.41. The molecule has 0 amide bonds. The Hall–Kier alpha value is -1.32. The maximum atomic E-state index is 5.41. The van der Waals surface area contributed by atoms with Crippen LogP contribution in [-0.2, 0) is 17.8 Å². The molecule has 26 heavy (non-hydrogen) atoms. The molecule has 1 aliphatic rings. The first kappa shape index (κ1) is 21.0. The van der Waals surface area contributed by atoms with Gasteiger partial charge < -0.3 is 20.3 Å². The summed E-state index contributed by atoms with van der Waals surface area (Å²) in [5.74, 6) is 0.853. The van der Waals surface area contributed by atoms with Gasteiger partial charge in [0.2, 0.25) is 0 Å². The Kier molecular flexibility index (Phi) is 9.21. The highest BCUT2D eigenvalue weighted by Crippen LogP contribution is 2.16. The first-order valence-electron chi connectivity index (χ1n) is 8.80. The van der Waals surface area contributed by atoms with Crippen LogP contribution in [0.1, 0.15) is 18.1 Å². The van der Waals surface area contributed by atoms with Gasteiger partial charge in [0.1, 0.15) is 0 Å². The lowest BCUT2D eigenvalue weighted by atomic mass is 10.2. The van der Waals surface area contributed by atoms with Crippen LogP contribution >= 0.6 is 35.3 Å². The predicted molar refractivity (Wildman–Crippen MR) is 121 cm³/mol. The van der Waals surface area contributed by atoms with E-state index in [0.29, 0.717) is 6.54 Å². The Bertz CT molecular complexity index is 655. The monoisotopic (exact) mass is 486 g/mol. The summed E-state index contributed by atoms with van der Waals surface area (Å²) in [5, 5.41) is 10.9. The number of halogens is 1. The summed E-state index contributed by atoms with van der Waals surface area (Å²) in [6, 6.07) is 10.9. The van der Waals surface area contributed by atoms with Gasteiger partial charge in [-0.25, -0.2) is 4.99 Å². The van der Waals surface area contributed by atoms with Crippen LogP contribution in [0.25, 0.3) is 0 Å². The zero-order chi connectivity index (χ0) is 17.3. The molecule has 142 valence electrons. The number of ether oxygens (including phenoxy) is 1. The van der Waals surface area contributed by atoms with E-state index in [4.69, 9.17) is 4.74 Å². The highest BCUT2D eigenvalue weighted by molar-refractivity contribution is 14.0. The van der Waals surface area contributed by atoms with E-state index in [1.54, 1.807) is 11.3 Å². The molecule has 1 fully saturated rings. The van der Waals surface area contributed by atoms with Crippen LogP contribution in [0.2, 0.25) is 0 Å². The van der Waals surface area contributed by atoms with Gasteiger partial charge in [-0.15, -0.1) is 24.0 Å². The topological polar surface area (TPSA) is 48.9 Å². The Morgan fingerprint density at radius 1 is 1.12 bits per heavy atom. The summed E-state index contributed by atoms with van der Waals surface area (Å²) in [7, 11) is 0. The summed E-state index contributed by atoms with van der Waals surface area (Å²) in [5.41, 5.74) is 3.76. The molecule has 2 heterocycles. The van der Waals surface area contributed by atoms with Gasteiger partial charge in [-0.3, -0.25) is 0 Å². The standard InChI is InChI=1S/C19H26N4OS.HI/c1-2-20-19(22-14-17-7-12-25-15-17)21-13-16-3-5-18(6-4-16)23-8-10-24-11-9-23;/h3-7,12,15H,2,8-11,13-14H2,1H3,(H2,20,21,22);1H. The highest BCUT2D eigenvalue weighted by atomic mass is 127. The molecule has 0 radical (unpaired) electrons. The second kappa shape index (κ2) is 11.4. The van der Waals surface area contributed by atoms with Crippen molar-refractivity contribution in [1.82, 2.24) is 10.6 Å². The molecule has 1 saturated heterocycles. The lowest BCUT2D eigenvalue weighted by Gasteiger charge is -2.28. The van der Waals surface area contributed by atoms with Crippen LogP contribution in [-0.4, -0.2) is 38.8 Å². The normalized spacial score (nSPS) is 14.7. The van der Waals surface area contributed by atoms with Gasteiger partial charge in [-0.05, 0) is 47.0 Å². The fourth-order valence-electron chi connectivity index (χ4n) is 2.73. The Morgan fingerprint density at radius 3 is 2.54 bits per heavy atom. The smallest absolute Gasteiger partial charge is 0.191 e. The number of aliphatic imine (C=N–C) groups is 1. The van der Waals surface area contributed by atoms with Crippen molar-refractivity contribution in [2.75, 3.05) is 37.7 Å². The molecule has 2 aromatic rings. The number of nitrogens with one attached hydrogen (secondary N) is 2. The van der Waals surface area contributed by atoms with E-state index in [1.807, 2.05) is 0 Å². The number of rotatable bonds is 6. The minimum atomic E-state index is 0. The number of nitrogens with zero attached hydrogens (tertiary/aromatic N) is 2. The molecule has 5 nitrogen and oxygen atoms in total. The van der Waals surface area contributed by atoms with Crippen molar-refractivity contribution in [3.63, 3.8) is 0 Å². The maximum Gasteiger partial charge on any atom is 0.191 e. The molecule has 1 aliphatic heterocycles. The first-order valence-corrected chi connectivity index (χ1v) is 9.74. The van der Waals surface area contributed by atoms with Gasteiger partial charge in [0.15, 0.2) is 5.96 Å². The van der Waals surface area contributed by atoms with Crippen molar-refractivity contribution in [2.45, 2.75) is 20.0 Å². The van der Waals surface area contributed by atoms with Crippen molar-refractivity contribution < 1.29 is 4.74 Å². The summed E-state index contributed by atoms with van der Waals surface area (Å²) < 4.78 is 5.41. The number of hydrogen-bond acceptors (Lipinski definition) is 4. The lowest BCUT2D eigenvalue weighted by molar-refractivity contribution is 0.122. The zero-order valence-electron chi connectivity index (χ0n) is 15.1. The van der Waals surface area contributed by atoms with Gasteiger partial charge in [0.25, 0.3) is 0 Å². The quantitative estimate of drug-likeness (QED) is 0.373. The molecule has 0 spiro atoms. The number of anilines is 1. The molecule has 0 saturated carbocycles. The van der Waals surface area contributed by atoms with Crippen molar-refractivity contribution in [3.05, 3.63) is 52.2 Å². The second-order valence-electron chi connectivity index (χ2n) is 5.95.